The van der Waals surface area contributed by atoms with Crippen LogP contribution in [0.1, 0.15) is 13.3 Å². The number of nitrogens with two attached hydrogens (primary N) is 1. The van der Waals surface area contributed by atoms with E-state index >= 15 is 0 Å². The molecule has 0 aromatic carbocycles. The molecule has 0 aliphatic heterocycles. The Bertz CT molecular complexity index is 275. The Hall–Kier alpha value is -0.250. The van der Waals surface area contributed by atoms with Crippen LogP contribution in [0.5, 0.6) is 0 Å². The van der Waals surface area contributed by atoms with E-state index in [1.807, 2.05) is 6.07 Å². The number of hydrogen-bond donors (Lipinski definition) is 1. The van der Waals surface area contributed by atoms with Gasteiger partial charge < -0.3 is 10.6 Å². The van der Waals surface area contributed by atoms with Gasteiger partial charge in [0.25, 0.3) is 0 Å². The van der Waals surface area contributed by atoms with Crippen molar-refractivity contribution in [2.45, 2.75) is 13.3 Å². The largest absolute Gasteiger partial charge is 0.366 e. The lowest BCUT2D eigenvalue weighted by Gasteiger charge is -2.18. The molecule has 80 valence electrons. The molecule has 0 bridgehead atoms. The van der Waals surface area contributed by atoms with Gasteiger partial charge in [-0.3, -0.25) is 0 Å². The van der Waals surface area contributed by atoms with E-state index in [4.69, 9.17) is 17.3 Å². The first kappa shape index (κ1) is 11.8. The molecule has 1 aromatic rings. The molecule has 0 saturated carbocycles. The van der Waals surface area contributed by atoms with Gasteiger partial charge in [-0.15, -0.1) is 11.3 Å². The fourth-order valence-electron chi connectivity index (χ4n) is 1.15. The van der Waals surface area contributed by atoms with Crippen molar-refractivity contribution >= 4 is 27.9 Å². The van der Waals surface area contributed by atoms with E-state index in [9.17, 15) is 0 Å². The Morgan fingerprint density at radius 1 is 1.57 bits per heavy atom. The summed E-state index contributed by atoms with van der Waals surface area (Å²) in [5.41, 5.74) is 5.56. The minimum absolute atomic E-state index is 0.591. The molecule has 0 aliphatic rings. The maximum Gasteiger partial charge on any atom is 0.0950 e. The smallest absolute Gasteiger partial charge is 0.0950 e. The minimum atomic E-state index is 0.591. The maximum absolute atomic E-state index is 5.87. The van der Waals surface area contributed by atoms with Gasteiger partial charge in [-0.2, -0.15) is 0 Å². The van der Waals surface area contributed by atoms with E-state index in [-0.39, 0.29) is 0 Å². The highest BCUT2D eigenvalue weighted by molar-refractivity contribution is 7.19. The van der Waals surface area contributed by atoms with Crippen molar-refractivity contribution < 1.29 is 0 Å². The molecule has 0 fully saturated rings. The van der Waals surface area contributed by atoms with Gasteiger partial charge in [0.15, 0.2) is 0 Å². The molecule has 1 aromatic heterocycles. The van der Waals surface area contributed by atoms with Crippen LogP contribution in [0.25, 0.3) is 0 Å². The average molecular weight is 233 g/mol. The third-order valence-corrected chi connectivity index (χ3v) is 3.64. The first-order chi connectivity index (χ1) is 6.63. The fraction of sp³-hybridized carbons (Fsp3) is 0.600. The highest BCUT2D eigenvalue weighted by atomic mass is 35.5. The molecule has 2 N–H and O–H groups in total. The molecule has 14 heavy (non-hydrogen) atoms. The molecule has 0 spiro atoms. The topological polar surface area (TPSA) is 29.3 Å². The summed E-state index contributed by atoms with van der Waals surface area (Å²) in [7, 11) is 2.09. The highest BCUT2D eigenvalue weighted by Gasteiger charge is 2.05. The predicted molar refractivity (Wildman–Crippen MR) is 65.4 cm³/mol. The monoisotopic (exact) mass is 232 g/mol. The van der Waals surface area contributed by atoms with Gasteiger partial charge >= 0.3 is 0 Å². The average Bonchev–Trinajstić information content (AvgIpc) is 2.60. The van der Waals surface area contributed by atoms with Crippen molar-refractivity contribution in [1.82, 2.24) is 0 Å². The van der Waals surface area contributed by atoms with Crippen LogP contribution >= 0.6 is 22.9 Å². The van der Waals surface area contributed by atoms with Crippen LogP contribution in [0, 0.1) is 5.92 Å². The van der Waals surface area contributed by atoms with Gasteiger partial charge in [-0.25, -0.2) is 0 Å². The van der Waals surface area contributed by atoms with Crippen molar-refractivity contribution in [2.75, 3.05) is 25.0 Å². The Balaban J connectivity index is 2.39. The molecule has 1 unspecified atom stereocenters. The van der Waals surface area contributed by atoms with Crippen molar-refractivity contribution in [3.63, 3.8) is 0 Å². The highest BCUT2D eigenvalue weighted by Crippen LogP contribution is 2.28. The number of nitrogens with zero attached hydrogens (tertiary/aromatic N) is 1. The zero-order valence-corrected chi connectivity index (χ0v) is 10.2. The van der Waals surface area contributed by atoms with Crippen LogP contribution in [0.15, 0.2) is 12.1 Å². The quantitative estimate of drug-likeness (QED) is 0.846. The van der Waals surface area contributed by atoms with Crippen LogP contribution in [0.4, 0.5) is 5.00 Å². The summed E-state index contributed by atoms with van der Waals surface area (Å²) in [6.45, 7) is 3.98. The molecule has 0 aliphatic carbocycles. The van der Waals surface area contributed by atoms with E-state index in [2.05, 4.69) is 24.9 Å². The van der Waals surface area contributed by atoms with Gasteiger partial charge in [0.1, 0.15) is 0 Å². The molecule has 2 nitrogen and oxygen atoms in total. The molecular formula is C10H17ClN2S. The van der Waals surface area contributed by atoms with Gasteiger partial charge in [-0.1, -0.05) is 18.5 Å². The maximum atomic E-state index is 5.87. The van der Waals surface area contributed by atoms with E-state index in [1.165, 1.54) is 5.00 Å². The first-order valence-electron chi connectivity index (χ1n) is 4.80. The second-order valence-corrected chi connectivity index (χ2v) is 5.32. The summed E-state index contributed by atoms with van der Waals surface area (Å²) < 4.78 is 0.846. The summed E-state index contributed by atoms with van der Waals surface area (Å²) >= 11 is 7.48. The molecule has 1 heterocycles. The third kappa shape index (κ3) is 3.48. The zero-order valence-electron chi connectivity index (χ0n) is 8.66. The standard InChI is InChI=1S/C10H17ClN2S/c1-8(7-12)5-6-13(2)10-4-3-9(11)14-10/h3-4,8H,5-7,12H2,1-2H3. The molecule has 4 heteroatoms. The van der Waals surface area contributed by atoms with Crippen molar-refractivity contribution in [2.24, 2.45) is 11.7 Å². The molecule has 0 radical (unpaired) electrons. The van der Waals surface area contributed by atoms with Crippen LogP contribution in [-0.4, -0.2) is 20.1 Å². The Labute approximate surface area is 94.7 Å². The second kappa shape index (κ2) is 5.59. The van der Waals surface area contributed by atoms with Crippen LogP contribution in [0.2, 0.25) is 4.34 Å². The SMILES string of the molecule is CC(CN)CCN(C)c1ccc(Cl)s1. The van der Waals surface area contributed by atoms with Crippen molar-refractivity contribution in [3.8, 4) is 0 Å². The number of hydrogen-bond acceptors (Lipinski definition) is 3. The van der Waals surface area contributed by atoms with E-state index < -0.39 is 0 Å². The lowest BCUT2D eigenvalue weighted by Crippen LogP contribution is -2.22. The first-order valence-corrected chi connectivity index (χ1v) is 5.99. The molecule has 1 rings (SSSR count). The third-order valence-electron chi connectivity index (χ3n) is 2.29. The summed E-state index contributed by atoms with van der Waals surface area (Å²) in [5.74, 6) is 0.591. The lowest BCUT2D eigenvalue weighted by atomic mass is 10.1. The number of rotatable bonds is 5. The van der Waals surface area contributed by atoms with Gasteiger partial charge in [0.05, 0.1) is 9.34 Å². The van der Waals surface area contributed by atoms with Crippen molar-refractivity contribution in [1.29, 1.82) is 0 Å². The van der Waals surface area contributed by atoms with Gasteiger partial charge in [-0.05, 0) is 31.0 Å². The predicted octanol–water partition coefficient (Wildman–Crippen LogP) is 2.82. The summed E-state index contributed by atoms with van der Waals surface area (Å²) in [4.78, 5) is 2.22. The van der Waals surface area contributed by atoms with Crippen LogP contribution < -0.4 is 10.6 Å². The normalized spacial score (nSPS) is 12.9. The van der Waals surface area contributed by atoms with Gasteiger partial charge in [0.2, 0.25) is 0 Å². The van der Waals surface area contributed by atoms with E-state index in [0.29, 0.717) is 5.92 Å². The summed E-state index contributed by atoms with van der Waals surface area (Å²) in [6.07, 6.45) is 1.13. The molecular weight excluding hydrogens is 216 g/mol. The minimum Gasteiger partial charge on any atom is -0.366 e. The Morgan fingerprint density at radius 3 is 2.79 bits per heavy atom. The second-order valence-electron chi connectivity index (χ2n) is 3.63. The lowest BCUT2D eigenvalue weighted by molar-refractivity contribution is 0.546. The number of anilines is 1. The van der Waals surface area contributed by atoms with Gasteiger partial charge in [0, 0.05) is 13.6 Å². The summed E-state index contributed by atoms with van der Waals surface area (Å²) in [5, 5.41) is 1.22. The zero-order chi connectivity index (χ0) is 10.6. The molecule has 1 atom stereocenters. The number of halogens is 1. The fourth-order valence-corrected chi connectivity index (χ4v) is 2.17. The Morgan fingerprint density at radius 2 is 2.29 bits per heavy atom. The van der Waals surface area contributed by atoms with Crippen LogP contribution in [0.3, 0.4) is 0 Å². The summed E-state index contributed by atoms with van der Waals surface area (Å²) in [6, 6.07) is 3.99. The molecule has 0 amide bonds. The Kier molecular flexibility index (Phi) is 4.72. The molecule has 0 saturated heterocycles. The van der Waals surface area contributed by atoms with Crippen LogP contribution in [-0.2, 0) is 0 Å². The van der Waals surface area contributed by atoms with E-state index in [1.54, 1.807) is 11.3 Å². The van der Waals surface area contributed by atoms with E-state index in [0.717, 1.165) is 23.8 Å². The van der Waals surface area contributed by atoms with Crippen molar-refractivity contribution in [3.05, 3.63) is 16.5 Å². The number of thiophene rings is 1.